The third-order valence-electron chi connectivity index (χ3n) is 3.08. The van der Waals surface area contributed by atoms with E-state index in [1.54, 1.807) is 13.2 Å². The van der Waals surface area contributed by atoms with Gasteiger partial charge in [-0.3, -0.25) is 14.3 Å². The van der Waals surface area contributed by atoms with Gasteiger partial charge < -0.3 is 10.0 Å². The molecule has 6 nitrogen and oxygen atoms in total. The van der Waals surface area contributed by atoms with Crippen LogP contribution in [0.3, 0.4) is 0 Å². The van der Waals surface area contributed by atoms with Crippen LogP contribution >= 0.6 is 0 Å². The molecule has 0 aromatic carbocycles. The van der Waals surface area contributed by atoms with Crippen LogP contribution in [-0.2, 0) is 16.8 Å². The minimum atomic E-state index is -0.911. The highest BCUT2D eigenvalue weighted by atomic mass is 16.4. The van der Waals surface area contributed by atoms with Gasteiger partial charge in [0.25, 0.3) is 5.91 Å². The number of carboxylic acid groups (broad SMARTS) is 1. The number of carbonyl (C=O) groups excluding carboxylic acids is 1. The SMILES string of the molecule is CCc1c(C(=O)N(C)CCC(=O)O)cnn1C(C)(C)C. The van der Waals surface area contributed by atoms with Crippen LogP contribution in [0.1, 0.15) is 50.2 Å². The van der Waals surface area contributed by atoms with Gasteiger partial charge in [0.1, 0.15) is 0 Å². The van der Waals surface area contributed by atoms with E-state index in [-0.39, 0.29) is 24.4 Å². The summed E-state index contributed by atoms with van der Waals surface area (Å²) in [5.41, 5.74) is 1.24. The van der Waals surface area contributed by atoms with Crippen molar-refractivity contribution in [3.8, 4) is 0 Å². The monoisotopic (exact) mass is 281 g/mol. The first-order valence-electron chi connectivity index (χ1n) is 6.73. The van der Waals surface area contributed by atoms with Crippen LogP contribution in [0.25, 0.3) is 0 Å². The van der Waals surface area contributed by atoms with E-state index < -0.39 is 5.97 Å². The summed E-state index contributed by atoms with van der Waals surface area (Å²) in [5.74, 6) is -1.09. The Bertz CT molecular complexity index is 500. The molecular formula is C14H23N3O3. The average molecular weight is 281 g/mol. The number of amides is 1. The van der Waals surface area contributed by atoms with E-state index in [9.17, 15) is 9.59 Å². The smallest absolute Gasteiger partial charge is 0.305 e. The number of hydrogen-bond acceptors (Lipinski definition) is 3. The molecule has 0 aliphatic rings. The fourth-order valence-corrected chi connectivity index (χ4v) is 2.04. The fourth-order valence-electron chi connectivity index (χ4n) is 2.04. The number of hydrogen-bond donors (Lipinski definition) is 1. The molecule has 0 radical (unpaired) electrons. The second-order valence-corrected chi connectivity index (χ2v) is 5.81. The first-order valence-corrected chi connectivity index (χ1v) is 6.73. The number of rotatable bonds is 5. The molecule has 6 heteroatoms. The van der Waals surface area contributed by atoms with Gasteiger partial charge in [0, 0.05) is 13.6 Å². The molecule has 1 rings (SSSR count). The number of carboxylic acids is 1. The van der Waals surface area contributed by atoms with Crippen molar-refractivity contribution >= 4 is 11.9 Å². The van der Waals surface area contributed by atoms with Gasteiger partial charge in [0.05, 0.1) is 29.4 Å². The maximum atomic E-state index is 12.4. The Hall–Kier alpha value is -1.85. The van der Waals surface area contributed by atoms with Crippen LogP contribution in [0.5, 0.6) is 0 Å². The van der Waals surface area contributed by atoms with Crippen LogP contribution < -0.4 is 0 Å². The predicted molar refractivity (Wildman–Crippen MR) is 75.8 cm³/mol. The van der Waals surface area contributed by atoms with Gasteiger partial charge in [-0.2, -0.15) is 5.10 Å². The number of nitrogens with zero attached hydrogens (tertiary/aromatic N) is 3. The lowest BCUT2D eigenvalue weighted by atomic mass is 10.1. The van der Waals surface area contributed by atoms with Gasteiger partial charge in [-0.1, -0.05) is 6.92 Å². The highest BCUT2D eigenvalue weighted by Gasteiger charge is 2.24. The molecule has 0 fully saturated rings. The van der Waals surface area contributed by atoms with E-state index in [1.165, 1.54) is 4.90 Å². The summed E-state index contributed by atoms with van der Waals surface area (Å²) < 4.78 is 1.85. The second kappa shape index (κ2) is 6.07. The average Bonchev–Trinajstić information content (AvgIpc) is 2.78. The Kier molecular flexibility index (Phi) is 4.92. The van der Waals surface area contributed by atoms with E-state index in [1.807, 2.05) is 32.4 Å². The zero-order valence-electron chi connectivity index (χ0n) is 12.8. The van der Waals surface area contributed by atoms with Crippen molar-refractivity contribution in [3.05, 3.63) is 17.5 Å². The molecule has 1 heterocycles. The Labute approximate surface area is 119 Å². The standard InChI is InChI=1S/C14H23N3O3/c1-6-11-10(9-15-17(11)14(2,3)4)13(20)16(5)8-7-12(18)19/h9H,6-8H2,1-5H3,(H,18,19). The largest absolute Gasteiger partial charge is 0.481 e. The molecule has 0 bridgehead atoms. The van der Waals surface area contributed by atoms with Gasteiger partial charge in [-0.15, -0.1) is 0 Å². The van der Waals surface area contributed by atoms with E-state index in [2.05, 4.69) is 5.10 Å². The maximum Gasteiger partial charge on any atom is 0.305 e. The molecule has 0 unspecified atom stereocenters. The topological polar surface area (TPSA) is 75.4 Å². The van der Waals surface area contributed by atoms with Crippen LogP contribution in [0.15, 0.2) is 6.20 Å². The summed E-state index contributed by atoms with van der Waals surface area (Å²) in [6.45, 7) is 8.26. The van der Waals surface area contributed by atoms with Crippen molar-refractivity contribution in [3.63, 3.8) is 0 Å². The Balaban J connectivity index is 2.99. The minimum Gasteiger partial charge on any atom is -0.481 e. The van der Waals surface area contributed by atoms with Crippen molar-refractivity contribution < 1.29 is 14.7 Å². The third kappa shape index (κ3) is 3.59. The highest BCUT2D eigenvalue weighted by Crippen LogP contribution is 2.20. The Morgan fingerprint density at radius 3 is 2.45 bits per heavy atom. The highest BCUT2D eigenvalue weighted by molar-refractivity contribution is 5.95. The Morgan fingerprint density at radius 1 is 1.40 bits per heavy atom. The molecule has 0 aliphatic heterocycles. The quantitative estimate of drug-likeness (QED) is 0.892. The number of aliphatic carboxylic acids is 1. The van der Waals surface area contributed by atoms with Gasteiger partial charge in [-0.25, -0.2) is 0 Å². The molecule has 1 aromatic heterocycles. The zero-order chi connectivity index (χ0) is 15.5. The molecule has 1 N–H and O–H groups in total. The van der Waals surface area contributed by atoms with Crippen molar-refractivity contribution in [1.29, 1.82) is 0 Å². The summed E-state index contributed by atoms with van der Waals surface area (Å²) in [4.78, 5) is 24.4. The van der Waals surface area contributed by atoms with Gasteiger partial charge >= 0.3 is 5.97 Å². The lowest BCUT2D eigenvalue weighted by Gasteiger charge is -2.23. The van der Waals surface area contributed by atoms with Gasteiger partial charge in [0.2, 0.25) is 0 Å². The van der Waals surface area contributed by atoms with Crippen LogP contribution in [0, 0.1) is 0 Å². The van der Waals surface area contributed by atoms with E-state index >= 15 is 0 Å². The van der Waals surface area contributed by atoms with Crippen molar-refractivity contribution in [2.45, 2.75) is 46.1 Å². The molecule has 1 amide bonds. The zero-order valence-corrected chi connectivity index (χ0v) is 12.8. The van der Waals surface area contributed by atoms with E-state index in [4.69, 9.17) is 5.11 Å². The van der Waals surface area contributed by atoms with E-state index in [0.29, 0.717) is 12.0 Å². The van der Waals surface area contributed by atoms with Gasteiger partial charge in [-0.05, 0) is 27.2 Å². The molecule has 0 atom stereocenters. The fraction of sp³-hybridized carbons (Fsp3) is 0.643. The van der Waals surface area contributed by atoms with Crippen molar-refractivity contribution in [2.24, 2.45) is 0 Å². The van der Waals surface area contributed by atoms with Crippen LogP contribution in [0.2, 0.25) is 0 Å². The molecule has 1 aromatic rings. The Morgan fingerprint density at radius 2 is 2.00 bits per heavy atom. The summed E-state index contributed by atoms with van der Waals surface area (Å²) in [7, 11) is 1.61. The molecule has 0 saturated carbocycles. The van der Waals surface area contributed by atoms with Crippen molar-refractivity contribution in [1.82, 2.24) is 14.7 Å². The molecule has 0 saturated heterocycles. The van der Waals surface area contributed by atoms with Crippen LogP contribution in [0.4, 0.5) is 0 Å². The maximum absolute atomic E-state index is 12.4. The minimum absolute atomic E-state index is 0.0584. The van der Waals surface area contributed by atoms with Crippen LogP contribution in [-0.4, -0.2) is 45.3 Å². The molecule has 0 spiro atoms. The molecule has 0 aliphatic carbocycles. The lowest BCUT2D eigenvalue weighted by Crippen LogP contribution is -2.30. The first kappa shape index (κ1) is 16.2. The molecule has 20 heavy (non-hydrogen) atoms. The summed E-state index contributed by atoms with van der Waals surface area (Å²) in [6, 6.07) is 0. The lowest BCUT2D eigenvalue weighted by molar-refractivity contribution is -0.137. The van der Waals surface area contributed by atoms with Crippen molar-refractivity contribution in [2.75, 3.05) is 13.6 Å². The summed E-state index contributed by atoms with van der Waals surface area (Å²) in [5, 5.41) is 13.0. The summed E-state index contributed by atoms with van der Waals surface area (Å²) in [6.07, 6.45) is 2.21. The second-order valence-electron chi connectivity index (χ2n) is 5.81. The van der Waals surface area contributed by atoms with E-state index in [0.717, 1.165) is 5.69 Å². The predicted octanol–water partition coefficient (Wildman–Crippen LogP) is 1.75. The normalized spacial score (nSPS) is 11.4. The van der Waals surface area contributed by atoms with Gasteiger partial charge in [0.15, 0.2) is 0 Å². The first-order chi connectivity index (χ1) is 9.18. The number of carbonyl (C=O) groups is 2. The number of aromatic nitrogens is 2. The third-order valence-corrected chi connectivity index (χ3v) is 3.08. The molecular weight excluding hydrogens is 258 g/mol. The summed E-state index contributed by atoms with van der Waals surface area (Å²) >= 11 is 0. The molecule has 112 valence electrons.